The van der Waals surface area contributed by atoms with Gasteiger partial charge in [0.15, 0.2) is 0 Å². The van der Waals surface area contributed by atoms with Crippen molar-refractivity contribution in [3.8, 4) is 5.75 Å². The van der Waals surface area contributed by atoms with Crippen LogP contribution in [0.4, 0.5) is 11.4 Å². The number of methoxy groups -OCH3 is 1. The summed E-state index contributed by atoms with van der Waals surface area (Å²) in [5.74, 6) is 0.825. The second-order valence-corrected chi connectivity index (χ2v) is 7.74. The summed E-state index contributed by atoms with van der Waals surface area (Å²) in [6, 6.07) is 25.1. The second kappa shape index (κ2) is 8.03. The van der Waals surface area contributed by atoms with Crippen LogP contribution in [0.5, 0.6) is 5.75 Å². The number of aryl methyl sites for hydroxylation is 1. The number of hydrogen-bond acceptors (Lipinski definition) is 3. The van der Waals surface area contributed by atoms with Crippen LogP contribution in [-0.2, 0) is 6.42 Å². The maximum atomic E-state index is 5.38. The number of rotatable bonds is 5. The molecule has 0 spiro atoms. The van der Waals surface area contributed by atoms with Gasteiger partial charge in [-0.25, -0.2) is 0 Å². The van der Waals surface area contributed by atoms with Crippen LogP contribution >= 0.6 is 15.9 Å². The molecule has 3 nitrogen and oxygen atoms in total. The summed E-state index contributed by atoms with van der Waals surface area (Å²) in [5, 5.41) is 4.58. The zero-order chi connectivity index (χ0) is 19.5. The first-order valence-electron chi connectivity index (χ1n) is 9.16. The molecule has 0 radical (unpaired) electrons. The predicted molar refractivity (Wildman–Crippen MR) is 120 cm³/mol. The van der Waals surface area contributed by atoms with Crippen molar-refractivity contribution in [2.24, 2.45) is 0 Å². The molecule has 4 rings (SSSR count). The van der Waals surface area contributed by atoms with Crippen LogP contribution in [0.3, 0.4) is 0 Å². The van der Waals surface area contributed by atoms with Crippen LogP contribution in [0.15, 0.2) is 77.3 Å². The Morgan fingerprint density at radius 1 is 0.893 bits per heavy atom. The lowest BCUT2D eigenvalue weighted by atomic mass is 10.0. The van der Waals surface area contributed by atoms with Gasteiger partial charge in [0.05, 0.1) is 12.6 Å². The largest absolute Gasteiger partial charge is 0.497 e. The molecule has 1 heterocycles. The number of halogens is 1. The standard InChI is InChI=1S/C24H21BrN2O/c1-16-13-24(22-15-21(28-2)11-12-23(22)26-16)27-20-9-5-18(6-10-20)14-17-3-7-19(25)8-4-17/h3-13,15H,14H2,1-2H3,(H,26,27). The van der Waals surface area contributed by atoms with Crippen molar-refractivity contribution in [3.63, 3.8) is 0 Å². The molecular formula is C24H21BrN2O. The minimum Gasteiger partial charge on any atom is -0.497 e. The number of fused-ring (bicyclic) bond motifs is 1. The lowest BCUT2D eigenvalue weighted by Gasteiger charge is -2.12. The van der Waals surface area contributed by atoms with E-state index in [-0.39, 0.29) is 0 Å². The first kappa shape index (κ1) is 18.5. The Hall–Kier alpha value is -2.85. The zero-order valence-corrected chi connectivity index (χ0v) is 17.5. The molecule has 1 aromatic heterocycles. The third kappa shape index (κ3) is 4.18. The van der Waals surface area contributed by atoms with Crippen LogP contribution in [0.2, 0.25) is 0 Å². The van der Waals surface area contributed by atoms with Crippen molar-refractivity contribution < 1.29 is 4.74 Å². The molecule has 0 saturated carbocycles. The Morgan fingerprint density at radius 2 is 1.57 bits per heavy atom. The Kier molecular flexibility index (Phi) is 5.31. The molecule has 0 aliphatic heterocycles. The van der Waals surface area contributed by atoms with Gasteiger partial charge in [0, 0.05) is 26.9 Å². The number of benzene rings is 3. The van der Waals surface area contributed by atoms with E-state index in [9.17, 15) is 0 Å². The number of nitrogens with zero attached hydrogens (tertiary/aromatic N) is 1. The summed E-state index contributed by atoms with van der Waals surface area (Å²) in [7, 11) is 1.68. The fraction of sp³-hybridized carbons (Fsp3) is 0.125. The molecule has 0 atom stereocenters. The molecular weight excluding hydrogens is 412 g/mol. The van der Waals surface area contributed by atoms with Crippen LogP contribution in [0.25, 0.3) is 10.9 Å². The van der Waals surface area contributed by atoms with E-state index in [1.54, 1.807) is 7.11 Å². The molecule has 0 aliphatic rings. The summed E-state index contributed by atoms with van der Waals surface area (Å²) < 4.78 is 6.48. The van der Waals surface area contributed by atoms with E-state index >= 15 is 0 Å². The van der Waals surface area contributed by atoms with Crippen LogP contribution < -0.4 is 10.1 Å². The minimum absolute atomic E-state index is 0.825. The number of aromatic nitrogens is 1. The molecule has 0 saturated heterocycles. The van der Waals surface area contributed by atoms with Crippen molar-refractivity contribution >= 4 is 38.2 Å². The van der Waals surface area contributed by atoms with Gasteiger partial charge >= 0.3 is 0 Å². The molecule has 140 valence electrons. The smallest absolute Gasteiger partial charge is 0.119 e. The molecule has 4 aromatic rings. The molecule has 0 fully saturated rings. The highest BCUT2D eigenvalue weighted by Gasteiger charge is 2.07. The van der Waals surface area contributed by atoms with E-state index in [1.165, 1.54) is 11.1 Å². The van der Waals surface area contributed by atoms with E-state index < -0.39 is 0 Å². The SMILES string of the molecule is COc1ccc2nc(C)cc(Nc3ccc(Cc4ccc(Br)cc4)cc3)c2c1. The average molecular weight is 433 g/mol. The number of pyridine rings is 1. The third-order valence-corrected chi connectivity index (χ3v) is 5.23. The summed E-state index contributed by atoms with van der Waals surface area (Å²) in [4.78, 5) is 4.62. The Labute approximate surface area is 173 Å². The van der Waals surface area contributed by atoms with Gasteiger partial charge in [-0.2, -0.15) is 0 Å². The van der Waals surface area contributed by atoms with Crippen molar-refractivity contribution in [2.75, 3.05) is 12.4 Å². The molecule has 0 bridgehead atoms. The highest BCUT2D eigenvalue weighted by Crippen LogP contribution is 2.29. The first-order valence-corrected chi connectivity index (χ1v) is 9.96. The Balaban J connectivity index is 1.58. The summed E-state index contributed by atoms with van der Waals surface area (Å²) in [5.41, 5.74) is 6.59. The number of ether oxygens (including phenoxy) is 1. The van der Waals surface area contributed by atoms with Crippen LogP contribution in [-0.4, -0.2) is 12.1 Å². The van der Waals surface area contributed by atoms with E-state index in [1.807, 2.05) is 25.1 Å². The first-order chi connectivity index (χ1) is 13.6. The average Bonchev–Trinajstić information content (AvgIpc) is 2.71. The fourth-order valence-electron chi connectivity index (χ4n) is 3.27. The molecule has 0 aliphatic carbocycles. The molecule has 28 heavy (non-hydrogen) atoms. The monoisotopic (exact) mass is 432 g/mol. The minimum atomic E-state index is 0.825. The van der Waals surface area contributed by atoms with Crippen molar-refractivity contribution in [1.82, 2.24) is 4.98 Å². The molecule has 4 heteroatoms. The lowest BCUT2D eigenvalue weighted by Crippen LogP contribution is -1.96. The Morgan fingerprint density at radius 3 is 2.25 bits per heavy atom. The van der Waals surface area contributed by atoms with Crippen LogP contribution in [0.1, 0.15) is 16.8 Å². The topological polar surface area (TPSA) is 34.1 Å². The molecule has 3 aromatic carbocycles. The number of hydrogen-bond donors (Lipinski definition) is 1. The van der Waals surface area contributed by atoms with Gasteiger partial charge in [0.1, 0.15) is 5.75 Å². The third-order valence-electron chi connectivity index (χ3n) is 4.70. The molecule has 1 N–H and O–H groups in total. The fourth-order valence-corrected chi connectivity index (χ4v) is 3.53. The number of anilines is 2. The van der Waals surface area contributed by atoms with Gasteiger partial charge < -0.3 is 10.1 Å². The lowest BCUT2D eigenvalue weighted by molar-refractivity contribution is 0.415. The normalized spacial score (nSPS) is 10.8. The van der Waals surface area contributed by atoms with E-state index in [2.05, 4.69) is 80.8 Å². The van der Waals surface area contributed by atoms with Crippen molar-refractivity contribution in [3.05, 3.63) is 94.1 Å². The quantitative estimate of drug-likeness (QED) is 0.383. The van der Waals surface area contributed by atoms with Crippen LogP contribution in [0, 0.1) is 6.92 Å². The highest BCUT2D eigenvalue weighted by atomic mass is 79.9. The van der Waals surface area contributed by atoms with Gasteiger partial charge in [0.25, 0.3) is 0 Å². The van der Waals surface area contributed by atoms with Gasteiger partial charge in [-0.05, 0) is 73.0 Å². The summed E-state index contributed by atoms with van der Waals surface area (Å²) in [6.07, 6.45) is 0.919. The maximum Gasteiger partial charge on any atom is 0.119 e. The zero-order valence-electron chi connectivity index (χ0n) is 15.9. The second-order valence-electron chi connectivity index (χ2n) is 6.82. The summed E-state index contributed by atoms with van der Waals surface area (Å²) in [6.45, 7) is 2.01. The van der Waals surface area contributed by atoms with Crippen molar-refractivity contribution in [2.45, 2.75) is 13.3 Å². The molecule has 0 amide bonds. The van der Waals surface area contributed by atoms with Gasteiger partial charge in [-0.1, -0.05) is 40.2 Å². The van der Waals surface area contributed by atoms with Crippen molar-refractivity contribution in [1.29, 1.82) is 0 Å². The summed E-state index contributed by atoms with van der Waals surface area (Å²) >= 11 is 3.48. The van der Waals surface area contributed by atoms with E-state index in [0.29, 0.717) is 0 Å². The predicted octanol–water partition coefficient (Wildman–Crippen LogP) is 6.65. The van der Waals surface area contributed by atoms with Gasteiger partial charge in [-0.15, -0.1) is 0 Å². The van der Waals surface area contributed by atoms with Gasteiger partial charge in [-0.3, -0.25) is 4.98 Å². The maximum absolute atomic E-state index is 5.38. The van der Waals surface area contributed by atoms with E-state index in [4.69, 9.17) is 4.74 Å². The highest BCUT2D eigenvalue weighted by molar-refractivity contribution is 9.10. The number of nitrogens with one attached hydrogen (secondary N) is 1. The van der Waals surface area contributed by atoms with E-state index in [0.717, 1.165) is 44.6 Å². The van der Waals surface area contributed by atoms with Gasteiger partial charge in [0.2, 0.25) is 0 Å². The molecule has 0 unspecified atom stereocenters. The Bertz CT molecular complexity index is 1110.